The largest absolute Gasteiger partial charge is 0.493 e. The summed E-state index contributed by atoms with van der Waals surface area (Å²) in [4.78, 5) is 0. The molecule has 0 spiro atoms. The minimum absolute atomic E-state index is 0.533. The maximum atomic E-state index is 6.58. The fraction of sp³-hybridized carbons (Fsp3) is 0.421. The fourth-order valence-corrected chi connectivity index (χ4v) is 5.09. The van der Waals surface area contributed by atoms with E-state index in [0.29, 0.717) is 25.0 Å². The molecule has 0 saturated carbocycles. The Labute approximate surface area is 264 Å². The second kappa shape index (κ2) is 18.8. The SMILES string of the molecule is CCCCC(CC)COc1cc(/C=C/c2ccc(Cl)cc2)c(OCC(CC)CCCC)cc1/C=C/c1ccc(Cl)cc1. The zero-order valence-electron chi connectivity index (χ0n) is 25.9. The zero-order valence-corrected chi connectivity index (χ0v) is 27.4. The molecule has 0 aliphatic carbocycles. The van der Waals surface area contributed by atoms with Crippen LogP contribution >= 0.6 is 23.2 Å². The van der Waals surface area contributed by atoms with Gasteiger partial charge in [0.1, 0.15) is 11.5 Å². The second-order valence-corrected chi connectivity index (χ2v) is 12.0. The predicted molar refractivity (Wildman–Crippen MR) is 185 cm³/mol. The van der Waals surface area contributed by atoms with Gasteiger partial charge in [-0.3, -0.25) is 0 Å². The summed E-state index contributed by atoms with van der Waals surface area (Å²) >= 11 is 12.2. The summed E-state index contributed by atoms with van der Waals surface area (Å²) in [5, 5.41) is 1.46. The smallest absolute Gasteiger partial charge is 0.127 e. The van der Waals surface area contributed by atoms with Crippen molar-refractivity contribution in [2.24, 2.45) is 11.8 Å². The van der Waals surface area contributed by atoms with Crippen LogP contribution < -0.4 is 9.47 Å². The summed E-state index contributed by atoms with van der Waals surface area (Å²) in [6, 6.07) is 20.0. The molecule has 2 atom stereocenters. The first kappa shape index (κ1) is 33.8. The van der Waals surface area contributed by atoms with Crippen molar-refractivity contribution in [3.63, 3.8) is 0 Å². The molecule has 0 radical (unpaired) electrons. The Kier molecular flexibility index (Phi) is 15.1. The van der Waals surface area contributed by atoms with Crippen molar-refractivity contribution in [2.45, 2.75) is 79.1 Å². The highest BCUT2D eigenvalue weighted by molar-refractivity contribution is 6.30. The number of hydrogen-bond donors (Lipinski definition) is 0. The first-order valence-electron chi connectivity index (χ1n) is 15.8. The molecule has 0 aliphatic rings. The van der Waals surface area contributed by atoms with Gasteiger partial charge in [0.05, 0.1) is 13.2 Å². The lowest BCUT2D eigenvalue weighted by Gasteiger charge is -2.20. The van der Waals surface area contributed by atoms with Crippen LogP contribution in [0.4, 0.5) is 0 Å². The summed E-state index contributed by atoms with van der Waals surface area (Å²) in [6.07, 6.45) is 17.9. The Morgan fingerprint density at radius 2 is 0.952 bits per heavy atom. The minimum atomic E-state index is 0.533. The molecule has 3 aromatic carbocycles. The van der Waals surface area contributed by atoms with Gasteiger partial charge in [-0.1, -0.05) is 138 Å². The number of unbranched alkanes of at least 4 members (excludes halogenated alkanes) is 2. The Hall–Kier alpha value is -2.68. The van der Waals surface area contributed by atoms with Crippen LogP contribution in [0.25, 0.3) is 24.3 Å². The van der Waals surface area contributed by atoms with E-state index in [1.807, 2.05) is 48.5 Å². The van der Waals surface area contributed by atoms with Crippen molar-refractivity contribution in [3.8, 4) is 11.5 Å². The van der Waals surface area contributed by atoms with Gasteiger partial charge in [0.15, 0.2) is 0 Å². The van der Waals surface area contributed by atoms with Crippen molar-refractivity contribution >= 4 is 47.5 Å². The van der Waals surface area contributed by atoms with Crippen LogP contribution in [0.2, 0.25) is 10.0 Å². The van der Waals surface area contributed by atoms with Gasteiger partial charge < -0.3 is 9.47 Å². The Morgan fingerprint density at radius 3 is 1.29 bits per heavy atom. The highest BCUT2D eigenvalue weighted by Gasteiger charge is 2.15. The number of hydrogen-bond acceptors (Lipinski definition) is 2. The molecule has 0 saturated heterocycles. The van der Waals surface area contributed by atoms with Crippen molar-refractivity contribution in [1.82, 2.24) is 0 Å². The van der Waals surface area contributed by atoms with E-state index in [2.05, 4.69) is 64.1 Å². The highest BCUT2D eigenvalue weighted by atomic mass is 35.5. The second-order valence-electron chi connectivity index (χ2n) is 11.2. The molecule has 2 nitrogen and oxygen atoms in total. The minimum Gasteiger partial charge on any atom is -0.493 e. The summed E-state index contributed by atoms with van der Waals surface area (Å²) < 4.78 is 13.2. The van der Waals surface area contributed by atoms with Gasteiger partial charge in [0.2, 0.25) is 0 Å². The van der Waals surface area contributed by atoms with Crippen molar-refractivity contribution < 1.29 is 9.47 Å². The van der Waals surface area contributed by atoms with Gasteiger partial charge in [-0.2, -0.15) is 0 Å². The van der Waals surface area contributed by atoms with Gasteiger partial charge in [0, 0.05) is 21.2 Å². The van der Waals surface area contributed by atoms with Crippen LogP contribution in [0.15, 0.2) is 60.7 Å². The third kappa shape index (κ3) is 11.5. The molecule has 0 aliphatic heterocycles. The van der Waals surface area contributed by atoms with E-state index in [-0.39, 0.29) is 0 Å². The van der Waals surface area contributed by atoms with Crippen LogP contribution in [-0.2, 0) is 0 Å². The van der Waals surface area contributed by atoms with Crippen LogP contribution in [0, 0.1) is 11.8 Å². The molecule has 2 unspecified atom stereocenters. The lowest BCUT2D eigenvalue weighted by Crippen LogP contribution is -2.13. The first-order chi connectivity index (χ1) is 20.4. The first-order valence-corrected chi connectivity index (χ1v) is 16.5. The number of rotatable bonds is 18. The van der Waals surface area contributed by atoms with E-state index in [1.54, 1.807) is 0 Å². The number of benzene rings is 3. The molecule has 0 N–H and O–H groups in total. The maximum Gasteiger partial charge on any atom is 0.127 e. The quantitative estimate of drug-likeness (QED) is 0.134. The summed E-state index contributed by atoms with van der Waals surface area (Å²) in [5.74, 6) is 2.81. The Bertz CT molecular complexity index is 1150. The molecule has 3 aromatic rings. The molecular weight excluding hydrogens is 559 g/mol. The number of ether oxygens (including phenoxy) is 2. The van der Waals surface area contributed by atoms with E-state index >= 15 is 0 Å². The zero-order chi connectivity index (χ0) is 30.2. The molecule has 0 aromatic heterocycles. The van der Waals surface area contributed by atoms with Crippen molar-refractivity contribution in [1.29, 1.82) is 0 Å². The molecular formula is C38H48Cl2O2. The topological polar surface area (TPSA) is 18.5 Å². The van der Waals surface area contributed by atoms with Gasteiger partial charge in [-0.25, -0.2) is 0 Å². The molecule has 226 valence electrons. The van der Waals surface area contributed by atoms with E-state index < -0.39 is 0 Å². The van der Waals surface area contributed by atoms with E-state index in [9.17, 15) is 0 Å². The van der Waals surface area contributed by atoms with Gasteiger partial charge in [0.25, 0.3) is 0 Å². The monoisotopic (exact) mass is 606 g/mol. The van der Waals surface area contributed by atoms with Crippen LogP contribution in [-0.4, -0.2) is 13.2 Å². The van der Waals surface area contributed by atoms with Crippen LogP contribution in [0.1, 0.15) is 101 Å². The molecule has 0 bridgehead atoms. The average molecular weight is 608 g/mol. The summed E-state index contributed by atoms with van der Waals surface area (Å²) in [6.45, 7) is 10.4. The highest BCUT2D eigenvalue weighted by Crippen LogP contribution is 2.34. The third-order valence-electron chi connectivity index (χ3n) is 7.83. The lowest BCUT2D eigenvalue weighted by molar-refractivity contribution is 0.227. The average Bonchev–Trinajstić information content (AvgIpc) is 3.01. The van der Waals surface area contributed by atoms with Crippen LogP contribution in [0.5, 0.6) is 11.5 Å². The fourth-order valence-electron chi connectivity index (χ4n) is 4.83. The van der Waals surface area contributed by atoms with E-state index in [0.717, 1.165) is 56.6 Å². The van der Waals surface area contributed by atoms with E-state index in [1.165, 1.54) is 38.5 Å². The number of halogens is 2. The molecule has 0 heterocycles. The molecule has 3 rings (SSSR count). The van der Waals surface area contributed by atoms with Gasteiger partial charge >= 0.3 is 0 Å². The Balaban J connectivity index is 2.00. The van der Waals surface area contributed by atoms with E-state index in [4.69, 9.17) is 32.7 Å². The standard InChI is InChI=1S/C38H48Cl2O2/c1-5-9-11-29(7-3)27-41-37-25-34(20-14-32-17-23-36(40)24-18-32)38(42-28-30(8-4)12-10-6-2)26-33(37)19-13-31-15-21-35(39)22-16-31/h13-26,29-30H,5-12,27-28H2,1-4H3/b19-13+,20-14+. The van der Waals surface area contributed by atoms with Crippen LogP contribution in [0.3, 0.4) is 0 Å². The van der Waals surface area contributed by atoms with Gasteiger partial charge in [-0.15, -0.1) is 0 Å². The van der Waals surface area contributed by atoms with Crippen molar-refractivity contribution in [2.75, 3.05) is 13.2 Å². The van der Waals surface area contributed by atoms with Gasteiger partial charge in [-0.05, 0) is 72.2 Å². The summed E-state index contributed by atoms with van der Waals surface area (Å²) in [7, 11) is 0. The summed E-state index contributed by atoms with van der Waals surface area (Å²) in [5.41, 5.74) is 4.19. The maximum absolute atomic E-state index is 6.58. The molecule has 0 amide bonds. The molecule has 42 heavy (non-hydrogen) atoms. The third-order valence-corrected chi connectivity index (χ3v) is 8.33. The predicted octanol–water partition coefficient (Wildman–Crippen LogP) is 12.5. The molecule has 4 heteroatoms. The van der Waals surface area contributed by atoms with Crippen molar-refractivity contribution in [3.05, 3.63) is 93.0 Å². The molecule has 0 fully saturated rings. The Morgan fingerprint density at radius 1 is 0.571 bits per heavy atom. The normalized spacial score (nSPS) is 13.1. The lowest BCUT2D eigenvalue weighted by atomic mass is 10.00.